The molecule has 2 aromatic carbocycles. The molecule has 0 unspecified atom stereocenters. The molecule has 4 nitrogen and oxygen atoms in total. The summed E-state index contributed by atoms with van der Waals surface area (Å²) >= 11 is 1.55. The first-order valence-electron chi connectivity index (χ1n) is 10.0. The van der Waals surface area contributed by atoms with Crippen LogP contribution in [-0.2, 0) is 16.0 Å². The number of para-hydroxylation sites is 1. The van der Waals surface area contributed by atoms with Crippen LogP contribution < -0.4 is 4.90 Å². The first-order valence-corrected chi connectivity index (χ1v) is 11.0. The summed E-state index contributed by atoms with van der Waals surface area (Å²) in [6.07, 6.45) is 4.40. The van der Waals surface area contributed by atoms with E-state index in [0.29, 0.717) is 11.7 Å². The Labute approximate surface area is 170 Å². The summed E-state index contributed by atoms with van der Waals surface area (Å²) in [6, 6.07) is 18.5. The summed E-state index contributed by atoms with van der Waals surface area (Å²) in [5.41, 5.74) is 2.26. The molecule has 146 valence electrons. The molecule has 2 aliphatic heterocycles. The Morgan fingerprint density at radius 1 is 1.00 bits per heavy atom. The smallest absolute Gasteiger partial charge is 0.242 e. The second-order valence-corrected chi connectivity index (χ2v) is 8.60. The van der Waals surface area contributed by atoms with E-state index in [1.807, 2.05) is 29.2 Å². The van der Waals surface area contributed by atoms with Crippen LogP contribution in [0.2, 0.25) is 0 Å². The fourth-order valence-corrected chi connectivity index (χ4v) is 4.98. The molecule has 0 saturated carbocycles. The molecule has 2 amide bonds. The number of likely N-dealkylation sites (tertiary alicyclic amines) is 1. The Hall–Kier alpha value is -2.27. The minimum Gasteiger partial charge on any atom is -0.341 e. The number of benzene rings is 2. The number of rotatable bonds is 5. The normalized spacial score (nSPS) is 17.5. The van der Waals surface area contributed by atoms with Crippen LogP contribution >= 0.6 is 11.8 Å². The molecule has 2 aromatic rings. The van der Waals surface area contributed by atoms with Gasteiger partial charge in [-0.05, 0) is 49.3 Å². The van der Waals surface area contributed by atoms with E-state index in [2.05, 4.69) is 30.3 Å². The zero-order valence-corrected chi connectivity index (χ0v) is 16.9. The van der Waals surface area contributed by atoms with E-state index in [1.165, 1.54) is 12.0 Å². The number of piperidine rings is 1. The fourth-order valence-electron chi connectivity index (χ4n) is 4.05. The van der Waals surface area contributed by atoms with Gasteiger partial charge in [0.2, 0.25) is 11.8 Å². The number of thioether (sulfide) groups is 1. The van der Waals surface area contributed by atoms with E-state index in [0.717, 1.165) is 42.9 Å². The standard InChI is InChI=1S/C23H26N2O2S/c26-22(16-25-20-8-4-5-9-21(20)28-17-23(25)27)24-14-12-19(13-15-24)11-10-18-6-2-1-3-7-18/h1-9,19H,10-17H2. The molecule has 28 heavy (non-hydrogen) atoms. The second kappa shape index (κ2) is 8.82. The maximum absolute atomic E-state index is 12.8. The molecule has 0 aliphatic carbocycles. The molecule has 4 rings (SSSR count). The van der Waals surface area contributed by atoms with Crippen LogP contribution in [0.3, 0.4) is 0 Å². The predicted molar refractivity (Wildman–Crippen MR) is 114 cm³/mol. The molecular weight excluding hydrogens is 368 g/mol. The summed E-state index contributed by atoms with van der Waals surface area (Å²) in [7, 11) is 0. The third kappa shape index (κ3) is 4.41. The highest BCUT2D eigenvalue weighted by molar-refractivity contribution is 8.00. The average Bonchev–Trinajstić information content (AvgIpc) is 2.75. The summed E-state index contributed by atoms with van der Waals surface area (Å²) in [5.74, 6) is 1.18. The third-order valence-corrected chi connectivity index (χ3v) is 6.80. The highest BCUT2D eigenvalue weighted by Gasteiger charge is 2.29. The van der Waals surface area contributed by atoms with Crippen LogP contribution in [0.4, 0.5) is 5.69 Å². The van der Waals surface area contributed by atoms with Gasteiger partial charge < -0.3 is 9.80 Å². The molecule has 0 spiro atoms. The molecule has 0 N–H and O–H groups in total. The van der Waals surface area contributed by atoms with Crippen molar-refractivity contribution in [3.05, 3.63) is 60.2 Å². The van der Waals surface area contributed by atoms with Gasteiger partial charge in [-0.15, -0.1) is 11.8 Å². The number of hydrogen-bond donors (Lipinski definition) is 0. The lowest BCUT2D eigenvalue weighted by Gasteiger charge is -2.35. The van der Waals surface area contributed by atoms with E-state index in [-0.39, 0.29) is 18.4 Å². The van der Waals surface area contributed by atoms with Gasteiger partial charge in [0, 0.05) is 18.0 Å². The number of anilines is 1. The maximum Gasteiger partial charge on any atom is 0.242 e. The minimum atomic E-state index is 0.0230. The Morgan fingerprint density at radius 3 is 2.50 bits per heavy atom. The van der Waals surface area contributed by atoms with Gasteiger partial charge >= 0.3 is 0 Å². The largest absolute Gasteiger partial charge is 0.341 e. The van der Waals surface area contributed by atoms with E-state index in [1.54, 1.807) is 16.7 Å². The Balaban J connectivity index is 1.29. The minimum absolute atomic E-state index is 0.0230. The van der Waals surface area contributed by atoms with Crippen LogP contribution in [-0.4, -0.2) is 42.1 Å². The molecule has 5 heteroatoms. The van der Waals surface area contributed by atoms with Gasteiger partial charge in [-0.2, -0.15) is 0 Å². The van der Waals surface area contributed by atoms with Crippen molar-refractivity contribution in [2.45, 2.75) is 30.6 Å². The van der Waals surface area contributed by atoms with Gasteiger partial charge in [0.05, 0.1) is 11.4 Å². The highest BCUT2D eigenvalue weighted by atomic mass is 32.2. The van der Waals surface area contributed by atoms with Crippen molar-refractivity contribution in [3.8, 4) is 0 Å². The van der Waals surface area contributed by atoms with Crippen molar-refractivity contribution >= 4 is 29.3 Å². The van der Waals surface area contributed by atoms with Crippen molar-refractivity contribution < 1.29 is 9.59 Å². The molecule has 2 aliphatic rings. The number of hydrogen-bond acceptors (Lipinski definition) is 3. The number of carbonyl (C=O) groups excluding carboxylic acids is 2. The fraction of sp³-hybridized carbons (Fsp3) is 0.391. The van der Waals surface area contributed by atoms with Crippen LogP contribution in [0.25, 0.3) is 0 Å². The zero-order chi connectivity index (χ0) is 19.3. The molecule has 0 atom stereocenters. The SMILES string of the molecule is O=C(CN1C(=O)CSc2ccccc21)N1CCC(CCc2ccccc2)CC1. The van der Waals surface area contributed by atoms with Gasteiger partial charge in [-0.3, -0.25) is 9.59 Å². The highest BCUT2D eigenvalue weighted by Crippen LogP contribution is 2.35. The lowest BCUT2D eigenvalue weighted by atomic mass is 9.90. The number of nitrogens with zero attached hydrogens (tertiary/aromatic N) is 2. The van der Waals surface area contributed by atoms with Crippen molar-refractivity contribution in [1.82, 2.24) is 4.90 Å². The Kier molecular flexibility index (Phi) is 6.01. The van der Waals surface area contributed by atoms with Crippen molar-refractivity contribution in [3.63, 3.8) is 0 Å². The molecular formula is C23H26N2O2S. The number of amides is 2. The summed E-state index contributed by atoms with van der Waals surface area (Å²) in [5, 5.41) is 0. The van der Waals surface area contributed by atoms with Gasteiger partial charge in [0.25, 0.3) is 0 Å². The molecule has 0 radical (unpaired) electrons. The van der Waals surface area contributed by atoms with E-state index in [9.17, 15) is 9.59 Å². The Morgan fingerprint density at radius 2 is 1.71 bits per heavy atom. The van der Waals surface area contributed by atoms with Crippen LogP contribution in [0.1, 0.15) is 24.8 Å². The van der Waals surface area contributed by atoms with Crippen LogP contribution in [0.5, 0.6) is 0 Å². The monoisotopic (exact) mass is 394 g/mol. The van der Waals surface area contributed by atoms with Crippen molar-refractivity contribution in [2.24, 2.45) is 5.92 Å². The summed E-state index contributed by atoms with van der Waals surface area (Å²) < 4.78 is 0. The average molecular weight is 395 g/mol. The van der Waals surface area contributed by atoms with Crippen molar-refractivity contribution in [2.75, 3.05) is 30.3 Å². The number of aryl methyl sites for hydroxylation is 1. The van der Waals surface area contributed by atoms with E-state index in [4.69, 9.17) is 0 Å². The van der Waals surface area contributed by atoms with E-state index >= 15 is 0 Å². The first kappa shape index (κ1) is 19.1. The summed E-state index contributed by atoms with van der Waals surface area (Å²) in [6.45, 7) is 1.76. The maximum atomic E-state index is 12.8. The van der Waals surface area contributed by atoms with Crippen molar-refractivity contribution in [1.29, 1.82) is 0 Å². The lowest BCUT2D eigenvalue weighted by Crippen LogP contribution is -2.47. The predicted octanol–water partition coefficient (Wildman–Crippen LogP) is 4.00. The zero-order valence-electron chi connectivity index (χ0n) is 16.0. The number of fused-ring (bicyclic) bond motifs is 1. The van der Waals surface area contributed by atoms with Gasteiger partial charge in [-0.1, -0.05) is 42.5 Å². The first-order chi connectivity index (χ1) is 13.7. The quantitative estimate of drug-likeness (QED) is 0.770. The molecule has 0 aromatic heterocycles. The Bertz CT molecular complexity index is 832. The van der Waals surface area contributed by atoms with Gasteiger partial charge in [-0.25, -0.2) is 0 Å². The second-order valence-electron chi connectivity index (χ2n) is 7.58. The van der Waals surface area contributed by atoms with Gasteiger partial charge in [0.15, 0.2) is 0 Å². The molecule has 1 fully saturated rings. The number of carbonyl (C=O) groups is 2. The van der Waals surface area contributed by atoms with E-state index < -0.39 is 0 Å². The topological polar surface area (TPSA) is 40.6 Å². The van der Waals surface area contributed by atoms with Crippen LogP contribution in [0.15, 0.2) is 59.5 Å². The van der Waals surface area contributed by atoms with Crippen LogP contribution in [0, 0.1) is 5.92 Å². The molecule has 1 saturated heterocycles. The summed E-state index contributed by atoms with van der Waals surface area (Å²) in [4.78, 5) is 29.9. The molecule has 2 heterocycles. The third-order valence-electron chi connectivity index (χ3n) is 5.75. The molecule has 0 bridgehead atoms. The van der Waals surface area contributed by atoms with Gasteiger partial charge in [0.1, 0.15) is 6.54 Å². The lowest BCUT2D eigenvalue weighted by molar-refractivity contribution is -0.132.